The van der Waals surface area contributed by atoms with Crippen LogP contribution in [0.5, 0.6) is 11.5 Å². The maximum atomic E-state index is 13.7. The number of nitrogens with one attached hydrogen (secondary N) is 1. The van der Waals surface area contributed by atoms with Crippen LogP contribution in [0.1, 0.15) is 55.5 Å². The van der Waals surface area contributed by atoms with Gasteiger partial charge in [-0.05, 0) is 36.7 Å². The number of piperazine rings is 1. The molecule has 220 valence electrons. The smallest absolute Gasteiger partial charge is 0.254 e. The van der Waals surface area contributed by atoms with E-state index < -0.39 is 6.10 Å². The van der Waals surface area contributed by atoms with Crippen molar-refractivity contribution >= 4 is 10.9 Å². The predicted molar refractivity (Wildman–Crippen MR) is 163 cm³/mol. The quantitative estimate of drug-likeness (QED) is 0.236. The molecule has 1 aromatic carbocycles. The highest BCUT2D eigenvalue weighted by atomic mass is 16.7. The third-order valence-corrected chi connectivity index (χ3v) is 8.24. The van der Waals surface area contributed by atoms with Crippen LogP contribution in [0, 0.1) is 0 Å². The molecule has 0 spiro atoms. The molecule has 0 saturated carbocycles. The monoisotopic (exact) mass is 561 g/mol. The summed E-state index contributed by atoms with van der Waals surface area (Å²) in [6.45, 7) is 17.4. The lowest BCUT2D eigenvalue weighted by Crippen LogP contribution is -2.46. The molecule has 3 aromatic rings. The Kier molecular flexibility index (Phi) is 9.09. The number of hydrogen-bond donors (Lipinski definition) is 2. The van der Waals surface area contributed by atoms with Crippen LogP contribution in [0.2, 0.25) is 0 Å². The molecule has 0 radical (unpaired) electrons. The molecule has 1 fully saturated rings. The minimum Gasteiger partial charge on any atom is -0.454 e. The van der Waals surface area contributed by atoms with Crippen LogP contribution in [0.25, 0.3) is 22.3 Å². The van der Waals surface area contributed by atoms with E-state index in [9.17, 15) is 9.90 Å². The summed E-state index contributed by atoms with van der Waals surface area (Å²) >= 11 is 0. The minimum atomic E-state index is -0.904. The van der Waals surface area contributed by atoms with Crippen molar-refractivity contribution in [2.75, 3.05) is 53.1 Å². The highest BCUT2D eigenvalue weighted by Gasteiger charge is 2.30. The number of fused-ring (bicyclic) bond motifs is 5. The number of aliphatic hydroxyl groups is 1. The van der Waals surface area contributed by atoms with Crippen molar-refractivity contribution in [3.05, 3.63) is 63.5 Å². The summed E-state index contributed by atoms with van der Waals surface area (Å²) in [5, 5.41) is 15.4. The Bertz CT molecular complexity index is 1480. The first kappa shape index (κ1) is 29.3. The zero-order chi connectivity index (χ0) is 29.1. The van der Waals surface area contributed by atoms with Gasteiger partial charge in [0.15, 0.2) is 11.5 Å². The van der Waals surface area contributed by atoms with Crippen LogP contribution in [0.4, 0.5) is 0 Å². The van der Waals surface area contributed by atoms with Crippen LogP contribution in [-0.2, 0) is 19.5 Å². The second kappa shape index (κ2) is 12.7. The molecular weight excluding hydrogens is 518 g/mol. The molecule has 9 heteroatoms. The molecule has 1 atom stereocenters. The molecule has 41 heavy (non-hydrogen) atoms. The van der Waals surface area contributed by atoms with Gasteiger partial charge in [0.25, 0.3) is 5.56 Å². The number of aromatic nitrogens is 2. The van der Waals surface area contributed by atoms with Crippen LogP contribution < -0.4 is 20.3 Å². The number of likely N-dealkylation sites (N-methyl/N-ethyl adjacent to an activating group) is 1. The van der Waals surface area contributed by atoms with Gasteiger partial charge in [0.1, 0.15) is 0 Å². The zero-order valence-corrected chi connectivity index (χ0v) is 24.8. The molecule has 2 N–H and O–H groups in total. The molecule has 3 aliphatic rings. The minimum absolute atomic E-state index is 0.0598. The highest BCUT2D eigenvalue weighted by molar-refractivity contribution is 5.90. The average molecular weight is 562 g/mol. The first-order valence-corrected chi connectivity index (χ1v) is 14.9. The van der Waals surface area contributed by atoms with E-state index in [-0.39, 0.29) is 12.4 Å². The number of benzene rings is 1. The van der Waals surface area contributed by atoms with E-state index in [1.54, 1.807) is 0 Å². The maximum Gasteiger partial charge on any atom is 0.254 e. The number of ether oxygens (including phenoxy) is 2. The van der Waals surface area contributed by atoms with Crippen molar-refractivity contribution < 1.29 is 14.6 Å². The molecule has 0 bridgehead atoms. The fourth-order valence-electron chi connectivity index (χ4n) is 5.98. The predicted octanol–water partition coefficient (Wildman–Crippen LogP) is 3.69. The van der Waals surface area contributed by atoms with E-state index in [0.717, 1.165) is 84.9 Å². The third kappa shape index (κ3) is 5.64. The maximum absolute atomic E-state index is 13.7. The standard InChI is InChI=1S/C30H37N5O4.C2H6/c1-4-6-19-21(26(36)5-2)13-25-29-23(17-35(25)30(19)37)22(16-31-7-8-34-11-9-33(3)10-12-34)20-14-27-28(39-18-38-27)15-24(20)32-29;1-2/h5,13-15,26,31,36H,2,4,6-12,16-18H2,1,3H3;1-2H3. The van der Waals surface area contributed by atoms with Crippen LogP contribution in [0.15, 0.2) is 35.6 Å². The molecule has 9 nitrogen and oxygen atoms in total. The van der Waals surface area contributed by atoms with Crippen LogP contribution in [-0.4, -0.2) is 77.6 Å². The van der Waals surface area contributed by atoms with E-state index in [4.69, 9.17) is 14.5 Å². The van der Waals surface area contributed by atoms with Crippen LogP contribution in [0.3, 0.4) is 0 Å². The van der Waals surface area contributed by atoms with E-state index in [1.165, 1.54) is 6.08 Å². The van der Waals surface area contributed by atoms with Gasteiger partial charge < -0.3 is 29.4 Å². The van der Waals surface area contributed by atoms with Crippen LogP contribution >= 0.6 is 0 Å². The van der Waals surface area contributed by atoms with Gasteiger partial charge in [-0.25, -0.2) is 4.98 Å². The zero-order valence-electron chi connectivity index (χ0n) is 24.8. The molecular formula is C32H43N5O4. The topological polar surface area (TPSA) is 92.1 Å². The van der Waals surface area contributed by atoms with Gasteiger partial charge in [-0.3, -0.25) is 9.69 Å². The van der Waals surface area contributed by atoms with Crippen molar-refractivity contribution in [1.29, 1.82) is 0 Å². The molecule has 5 heterocycles. The average Bonchev–Trinajstić information content (AvgIpc) is 3.61. The number of pyridine rings is 2. The SMILES string of the molecule is C=CC(O)c1cc2n(c(=O)c1CCC)Cc1c-2nc2cc3c(cc2c1CNCCN1CCN(C)CC1)OCO3.CC. The fraction of sp³-hybridized carbons (Fsp3) is 0.500. The van der Waals surface area contributed by atoms with E-state index in [1.807, 2.05) is 43.5 Å². The second-order valence-electron chi connectivity index (χ2n) is 10.7. The summed E-state index contributed by atoms with van der Waals surface area (Å²) in [5.41, 5.74) is 5.71. The Labute approximate surface area is 242 Å². The van der Waals surface area contributed by atoms with Gasteiger partial charge in [0, 0.05) is 68.4 Å². The summed E-state index contributed by atoms with van der Waals surface area (Å²) in [6, 6.07) is 5.88. The Morgan fingerprint density at radius 2 is 1.85 bits per heavy atom. The fourth-order valence-corrected chi connectivity index (χ4v) is 5.98. The largest absolute Gasteiger partial charge is 0.454 e. The lowest BCUT2D eigenvalue weighted by molar-refractivity contribution is 0.154. The molecule has 1 saturated heterocycles. The highest BCUT2D eigenvalue weighted by Crippen LogP contribution is 2.41. The van der Waals surface area contributed by atoms with Gasteiger partial charge in [0.05, 0.1) is 29.6 Å². The molecule has 3 aliphatic heterocycles. The van der Waals surface area contributed by atoms with Gasteiger partial charge >= 0.3 is 0 Å². The Balaban J connectivity index is 0.00000165. The van der Waals surface area contributed by atoms with E-state index in [2.05, 4.69) is 28.7 Å². The normalized spacial score (nSPS) is 16.7. The number of nitrogens with zero attached hydrogens (tertiary/aromatic N) is 4. The molecule has 0 amide bonds. The van der Waals surface area contributed by atoms with Gasteiger partial charge in [-0.15, -0.1) is 6.58 Å². The van der Waals surface area contributed by atoms with Crippen molar-refractivity contribution in [3.8, 4) is 22.9 Å². The first-order valence-electron chi connectivity index (χ1n) is 14.9. The Hall–Kier alpha value is -3.24. The molecule has 2 aromatic heterocycles. The summed E-state index contributed by atoms with van der Waals surface area (Å²) in [4.78, 5) is 23.6. The van der Waals surface area contributed by atoms with Crippen molar-refractivity contribution in [2.24, 2.45) is 0 Å². The van der Waals surface area contributed by atoms with Gasteiger partial charge in [-0.2, -0.15) is 0 Å². The number of hydrogen-bond acceptors (Lipinski definition) is 8. The summed E-state index contributed by atoms with van der Waals surface area (Å²) in [7, 11) is 2.17. The number of aliphatic hydroxyl groups excluding tert-OH is 1. The summed E-state index contributed by atoms with van der Waals surface area (Å²) in [6.07, 6.45) is 1.99. The van der Waals surface area contributed by atoms with Crippen molar-refractivity contribution in [3.63, 3.8) is 0 Å². The number of rotatable bonds is 9. The molecule has 1 unspecified atom stereocenters. The van der Waals surface area contributed by atoms with Crippen molar-refractivity contribution in [2.45, 2.75) is 52.8 Å². The van der Waals surface area contributed by atoms with E-state index >= 15 is 0 Å². The second-order valence-corrected chi connectivity index (χ2v) is 10.7. The van der Waals surface area contributed by atoms with Crippen molar-refractivity contribution in [1.82, 2.24) is 24.7 Å². The molecule has 0 aliphatic carbocycles. The van der Waals surface area contributed by atoms with Gasteiger partial charge in [-0.1, -0.05) is 33.3 Å². The molecule has 6 rings (SSSR count). The summed E-state index contributed by atoms with van der Waals surface area (Å²) in [5.74, 6) is 1.40. The van der Waals surface area contributed by atoms with E-state index in [0.29, 0.717) is 36.4 Å². The lowest BCUT2D eigenvalue weighted by atomic mass is 9.97. The van der Waals surface area contributed by atoms with Gasteiger partial charge in [0.2, 0.25) is 6.79 Å². The third-order valence-electron chi connectivity index (χ3n) is 8.24. The Morgan fingerprint density at radius 1 is 1.12 bits per heavy atom. The first-order chi connectivity index (χ1) is 20.0. The summed E-state index contributed by atoms with van der Waals surface area (Å²) < 4.78 is 13.2. The lowest BCUT2D eigenvalue weighted by Gasteiger charge is -2.32. The Morgan fingerprint density at radius 3 is 2.56 bits per heavy atom.